The van der Waals surface area contributed by atoms with E-state index in [9.17, 15) is 0 Å². The molecule has 0 unspecified atom stereocenters. The molecule has 0 saturated carbocycles. The Bertz CT molecular complexity index is 214. The highest BCUT2D eigenvalue weighted by atomic mass is 16.5. The van der Waals surface area contributed by atoms with Crippen molar-refractivity contribution in [3.63, 3.8) is 0 Å². The van der Waals surface area contributed by atoms with Crippen LogP contribution in [0.2, 0.25) is 0 Å². The lowest BCUT2D eigenvalue weighted by Crippen LogP contribution is -2.03. The Labute approximate surface area is 66.4 Å². The van der Waals surface area contributed by atoms with Gasteiger partial charge in [0.05, 0.1) is 7.11 Å². The van der Waals surface area contributed by atoms with Crippen molar-refractivity contribution in [2.45, 2.75) is 0 Å². The van der Waals surface area contributed by atoms with Crippen LogP contribution in [0, 0.1) is 0 Å². The lowest BCUT2D eigenvalue weighted by molar-refractivity contribution is 0.392. The first-order valence-corrected chi connectivity index (χ1v) is 3.18. The summed E-state index contributed by atoms with van der Waals surface area (Å²) in [4.78, 5) is 0. The van der Waals surface area contributed by atoms with Crippen molar-refractivity contribution in [1.82, 2.24) is 10.2 Å². The molecule has 57 valence electrons. The van der Waals surface area contributed by atoms with E-state index in [1.54, 1.807) is 19.2 Å². The van der Waals surface area contributed by atoms with Crippen LogP contribution in [0.3, 0.4) is 0 Å². The molecule has 0 fully saturated rings. The first-order valence-electron chi connectivity index (χ1n) is 3.18. The van der Waals surface area contributed by atoms with Crippen LogP contribution in [-0.2, 0) is 0 Å². The van der Waals surface area contributed by atoms with Gasteiger partial charge in [-0.1, -0.05) is 0 Å². The number of aromatic nitrogens is 2. The quantitative estimate of drug-likeness (QED) is 0.615. The Hall–Kier alpha value is -1.26. The molecule has 3 radical (unpaired) electrons. The third-order valence-corrected chi connectivity index (χ3v) is 1.13. The number of nitrogens with zero attached hydrogens (tertiary/aromatic N) is 2. The van der Waals surface area contributed by atoms with Crippen molar-refractivity contribution in [2.24, 2.45) is 0 Å². The maximum Gasteiger partial charge on any atom is 0.233 e. The zero-order valence-corrected chi connectivity index (χ0v) is 6.24. The first-order chi connectivity index (χ1) is 5.36. The molecule has 1 rings (SSSR count). The van der Waals surface area contributed by atoms with Crippen molar-refractivity contribution >= 4 is 13.7 Å². The maximum atomic E-state index is 5.22. The van der Waals surface area contributed by atoms with Crippen molar-refractivity contribution in [3.8, 4) is 5.88 Å². The van der Waals surface area contributed by atoms with Crippen molar-refractivity contribution in [3.05, 3.63) is 12.1 Å². The third kappa shape index (κ3) is 2.11. The number of hydrogen-bond acceptors (Lipinski definition) is 4. The summed E-state index contributed by atoms with van der Waals surface area (Å²) >= 11 is 0. The fourth-order valence-corrected chi connectivity index (χ4v) is 0.628. The van der Waals surface area contributed by atoms with Crippen LogP contribution in [0.1, 0.15) is 0 Å². The molecule has 1 aromatic heterocycles. The summed E-state index contributed by atoms with van der Waals surface area (Å²) < 4.78 is 4.81. The largest absolute Gasteiger partial charge is 0.598 e. The molecule has 0 saturated heterocycles. The molecule has 1 aromatic rings. The van der Waals surface area contributed by atoms with Gasteiger partial charge in [0.2, 0.25) is 5.88 Å². The molecule has 5 heteroatoms. The zero-order valence-electron chi connectivity index (χ0n) is 6.24. The van der Waals surface area contributed by atoms with Gasteiger partial charge in [0, 0.05) is 6.07 Å². The van der Waals surface area contributed by atoms with E-state index in [1.165, 1.54) is 0 Å². The fraction of sp³-hybridized carbons (Fsp3) is 0.333. The average molecular weight is 149 g/mol. The second-order valence-corrected chi connectivity index (χ2v) is 1.84. The van der Waals surface area contributed by atoms with E-state index in [4.69, 9.17) is 12.6 Å². The van der Waals surface area contributed by atoms with E-state index in [-0.39, 0.29) is 0 Å². The molecule has 1 heterocycles. The second kappa shape index (κ2) is 3.80. The SMILES string of the molecule is [B-]CNc1ccc(OC)nn1. The van der Waals surface area contributed by atoms with E-state index in [2.05, 4.69) is 15.5 Å². The van der Waals surface area contributed by atoms with Crippen LogP contribution >= 0.6 is 0 Å². The van der Waals surface area contributed by atoms with E-state index in [1.807, 2.05) is 0 Å². The van der Waals surface area contributed by atoms with Crippen LogP contribution in [0.5, 0.6) is 5.88 Å². The van der Waals surface area contributed by atoms with E-state index in [0.29, 0.717) is 18.1 Å². The van der Waals surface area contributed by atoms with Gasteiger partial charge >= 0.3 is 0 Å². The van der Waals surface area contributed by atoms with Gasteiger partial charge in [0.15, 0.2) is 0 Å². The van der Waals surface area contributed by atoms with Gasteiger partial charge in [0.1, 0.15) is 5.82 Å². The Morgan fingerprint density at radius 1 is 1.55 bits per heavy atom. The zero-order chi connectivity index (χ0) is 8.10. The van der Waals surface area contributed by atoms with Gasteiger partial charge in [0.25, 0.3) is 0 Å². The van der Waals surface area contributed by atoms with E-state index in [0.717, 1.165) is 0 Å². The second-order valence-electron chi connectivity index (χ2n) is 1.84. The number of anilines is 1. The Morgan fingerprint density at radius 3 is 2.82 bits per heavy atom. The van der Waals surface area contributed by atoms with Crippen molar-refractivity contribution < 1.29 is 4.74 Å². The van der Waals surface area contributed by atoms with E-state index < -0.39 is 0 Å². The van der Waals surface area contributed by atoms with Gasteiger partial charge in [-0.15, -0.1) is 10.2 Å². The highest BCUT2D eigenvalue weighted by molar-refractivity contribution is 6.10. The topological polar surface area (TPSA) is 47.0 Å². The minimum absolute atomic E-state index is 0.348. The molecule has 0 aliphatic rings. The molecule has 11 heavy (non-hydrogen) atoms. The molecule has 0 aromatic carbocycles. The summed E-state index contributed by atoms with van der Waals surface area (Å²) in [6, 6.07) is 3.46. The molecule has 0 atom stereocenters. The van der Waals surface area contributed by atoms with Crippen LogP contribution < -0.4 is 10.1 Å². The maximum absolute atomic E-state index is 5.22. The van der Waals surface area contributed by atoms with Crippen molar-refractivity contribution in [1.29, 1.82) is 0 Å². The lowest BCUT2D eigenvalue weighted by atomic mass is 10.2. The van der Waals surface area contributed by atoms with Gasteiger partial charge in [-0.3, -0.25) is 0 Å². The molecule has 0 bridgehead atoms. The minimum Gasteiger partial charge on any atom is -0.598 e. The lowest BCUT2D eigenvalue weighted by Gasteiger charge is -2.07. The number of ether oxygens (including phenoxy) is 1. The van der Waals surface area contributed by atoms with Crippen LogP contribution in [0.4, 0.5) is 5.82 Å². The highest BCUT2D eigenvalue weighted by Gasteiger charge is 1.91. The van der Waals surface area contributed by atoms with Gasteiger partial charge < -0.3 is 17.9 Å². The van der Waals surface area contributed by atoms with Crippen molar-refractivity contribution in [2.75, 3.05) is 18.9 Å². The van der Waals surface area contributed by atoms with Crippen LogP contribution in [-0.4, -0.2) is 31.6 Å². The summed E-state index contributed by atoms with van der Waals surface area (Å²) in [5.41, 5.74) is 0. The highest BCUT2D eigenvalue weighted by Crippen LogP contribution is 2.05. The van der Waals surface area contributed by atoms with E-state index >= 15 is 0 Å². The predicted molar refractivity (Wildman–Crippen MR) is 42.8 cm³/mol. The number of methoxy groups -OCH3 is 1. The summed E-state index contributed by atoms with van der Waals surface area (Å²) in [6.45, 7) is 0. The molecule has 0 amide bonds. The molecule has 1 N–H and O–H groups in total. The van der Waals surface area contributed by atoms with Crippen LogP contribution in [0.15, 0.2) is 12.1 Å². The summed E-state index contributed by atoms with van der Waals surface area (Å²) in [5.74, 6) is 1.14. The summed E-state index contributed by atoms with van der Waals surface area (Å²) in [5, 5.41) is 10.3. The summed E-state index contributed by atoms with van der Waals surface area (Å²) in [6.07, 6.45) is 0.348. The van der Waals surface area contributed by atoms with Gasteiger partial charge in [-0.25, -0.2) is 6.44 Å². The fourth-order valence-electron chi connectivity index (χ4n) is 0.628. The molecule has 0 spiro atoms. The summed E-state index contributed by atoms with van der Waals surface area (Å²) in [7, 11) is 6.76. The normalized spacial score (nSPS) is 9.27. The smallest absolute Gasteiger partial charge is 0.233 e. The molecule has 0 aliphatic heterocycles. The standard InChI is InChI=1S/C6H8BN3O/c1-11-6-3-2-5(8-4-7)9-10-6/h2-3H,4H2,1H3,(H,8,9)/q-1. The van der Waals surface area contributed by atoms with Gasteiger partial charge in [-0.2, -0.15) is 0 Å². The molecular weight excluding hydrogens is 141 g/mol. The molecule has 0 aliphatic carbocycles. The van der Waals surface area contributed by atoms with Gasteiger partial charge in [-0.05, 0) is 6.07 Å². The Kier molecular flexibility index (Phi) is 2.71. The minimum atomic E-state index is 0.348. The predicted octanol–water partition coefficient (Wildman–Crippen LogP) is 0.0231. The number of nitrogens with one attached hydrogen (secondary N) is 1. The molecular formula is C6H8BN3O-. The number of rotatable bonds is 3. The monoisotopic (exact) mass is 149 g/mol. The number of hydrogen-bond donors (Lipinski definition) is 1. The average Bonchev–Trinajstić information content (AvgIpc) is 2.07. The van der Waals surface area contributed by atoms with Crippen LogP contribution in [0.25, 0.3) is 0 Å². The molecule has 4 nitrogen and oxygen atoms in total. The third-order valence-electron chi connectivity index (χ3n) is 1.13. The first kappa shape index (κ1) is 7.85. The Morgan fingerprint density at radius 2 is 2.36 bits per heavy atom. The Balaban J connectivity index is 2.66.